The Kier molecular flexibility index (Phi) is 2.56. The summed E-state index contributed by atoms with van der Waals surface area (Å²) in [7, 11) is 0. The number of hydrogen-bond donors (Lipinski definition) is 2. The molecular formula is C10H11BrN2O. The van der Waals surface area contributed by atoms with Gasteiger partial charge in [-0.05, 0) is 24.6 Å². The van der Waals surface area contributed by atoms with Gasteiger partial charge in [0.15, 0.2) is 0 Å². The molecule has 1 saturated heterocycles. The van der Waals surface area contributed by atoms with Gasteiger partial charge in [-0.15, -0.1) is 0 Å². The smallest absolute Gasteiger partial charge is 0.238 e. The molecule has 0 spiro atoms. The zero-order chi connectivity index (χ0) is 10.1. The summed E-state index contributed by atoms with van der Waals surface area (Å²) in [4.78, 5) is 11.2. The Morgan fingerprint density at radius 1 is 1.29 bits per heavy atom. The van der Waals surface area contributed by atoms with Gasteiger partial charge in [0.05, 0.1) is 6.04 Å². The van der Waals surface area contributed by atoms with E-state index < -0.39 is 0 Å². The van der Waals surface area contributed by atoms with E-state index in [1.807, 2.05) is 31.2 Å². The first-order valence-corrected chi connectivity index (χ1v) is 5.28. The minimum atomic E-state index is -0.108. The van der Waals surface area contributed by atoms with Crippen molar-refractivity contribution in [2.24, 2.45) is 0 Å². The van der Waals surface area contributed by atoms with Crippen molar-refractivity contribution in [3.05, 3.63) is 34.3 Å². The van der Waals surface area contributed by atoms with E-state index in [0.717, 1.165) is 10.0 Å². The van der Waals surface area contributed by atoms with Crippen LogP contribution in [0.25, 0.3) is 0 Å². The van der Waals surface area contributed by atoms with E-state index >= 15 is 0 Å². The minimum Gasteiger partial charge on any atom is -0.335 e. The average Bonchev–Trinajstić information content (AvgIpc) is 2.48. The standard InChI is InChI=1S/C10H11BrN2O/c1-6-10(14)13-9(12-6)7-2-4-8(11)5-3-7/h2-6,9,12H,1H3,(H,13,14). The molecule has 1 heterocycles. The Hall–Kier alpha value is -0.870. The van der Waals surface area contributed by atoms with E-state index in [2.05, 4.69) is 26.6 Å². The van der Waals surface area contributed by atoms with Crippen molar-refractivity contribution in [3.8, 4) is 0 Å². The van der Waals surface area contributed by atoms with Crippen LogP contribution in [-0.2, 0) is 4.79 Å². The molecule has 3 nitrogen and oxygen atoms in total. The third kappa shape index (κ3) is 1.81. The van der Waals surface area contributed by atoms with E-state index in [-0.39, 0.29) is 18.1 Å². The Bertz CT molecular complexity index is 350. The van der Waals surface area contributed by atoms with Gasteiger partial charge in [0.25, 0.3) is 0 Å². The summed E-state index contributed by atoms with van der Waals surface area (Å²) >= 11 is 3.37. The molecule has 0 aromatic heterocycles. The Morgan fingerprint density at radius 2 is 1.93 bits per heavy atom. The van der Waals surface area contributed by atoms with Crippen molar-refractivity contribution in [2.45, 2.75) is 19.1 Å². The van der Waals surface area contributed by atoms with Crippen molar-refractivity contribution < 1.29 is 4.79 Å². The van der Waals surface area contributed by atoms with Gasteiger partial charge in [-0.3, -0.25) is 10.1 Å². The summed E-state index contributed by atoms with van der Waals surface area (Å²) in [5, 5.41) is 6.04. The fourth-order valence-electron chi connectivity index (χ4n) is 1.47. The lowest BCUT2D eigenvalue weighted by Gasteiger charge is -2.10. The number of carbonyl (C=O) groups excluding carboxylic acids is 1. The SMILES string of the molecule is CC1NC(c2ccc(Br)cc2)NC1=O. The Balaban J connectivity index is 2.17. The highest BCUT2D eigenvalue weighted by atomic mass is 79.9. The van der Waals surface area contributed by atoms with E-state index in [9.17, 15) is 4.79 Å². The molecule has 2 atom stereocenters. The molecule has 2 unspecified atom stereocenters. The molecule has 1 amide bonds. The van der Waals surface area contributed by atoms with Crippen LogP contribution in [0.1, 0.15) is 18.7 Å². The van der Waals surface area contributed by atoms with Crippen LogP contribution in [0.3, 0.4) is 0 Å². The molecule has 1 aromatic rings. The monoisotopic (exact) mass is 254 g/mol. The van der Waals surface area contributed by atoms with E-state index in [1.54, 1.807) is 0 Å². The second kappa shape index (κ2) is 3.71. The lowest BCUT2D eigenvalue weighted by Crippen LogP contribution is -2.24. The van der Waals surface area contributed by atoms with E-state index in [4.69, 9.17) is 0 Å². The van der Waals surface area contributed by atoms with E-state index in [1.165, 1.54) is 0 Å². The van der Waals surface area contributed by atoms with Gasteiger partial charge in [0, 0.05) is 4.47 Å². The van der Waals surface area contributed by atoms with Crippen LogP contribution in [0, 0.1) is 0 Å². The summed E-state index contributed by atoms with van der Waals surface area (Å²) < 4.78 is 1.04. The number of amides is 1. The van der Waals surface area contributed by atoms with Gasteiger partial charge in [-0.2, -0.15) is 0 Å². The molecule has 74 valence electrons. The third-order valence-electron chi connectivity index (χ3n) is 2.30. The predicted molar refractivity (Wildman–Crippen MR) is 57.6 cm³/mol. The molecule has 4 heteroatoms. The number of benzene rings is 1. The van der Waals surface area contributed by atoms with Crippen molar-refractivity contribution in [1.82, 2.24) is 10.6 Å². The highest BCUT2D eigenvalue weighted by Gasteiger charge is 2.27. The van der Waals surface area contributed by atoms with Gasteiger partial charge in [0.1, 0.15) is 6.17 Å². The number of hydrogen-bond acceptors (Lipinski definition) is 2. The van der Waals surface area contributed by atoms with Gasteiger partial charge < -0.3 is 5.32 Å². The topological polar surface area (TPSA) is 41.1 Å². The summed E-state index contributed by atoms with van der Waals surface area (Å²) in [6, 6.07) is 7.79. The predicted octanol–water partition coefficient (Wildman–Crippen LogP) is 1.56. The molecular weight excluding hydrogens is 244 g/mol. The Labute approximate surface area is 91.0 Å². The summed E-state index contributed by atoms with van der Waals surface area (Å²) in [6.07, 6.45) is -0.0504. The fourth-order valence-corrected chi connectivity index (χ4v) is 1.73. The van der Waals surface area contributed by atoms with Crippen LogP contribution in [0.15, 0.2) is 28.7 Å². The van der Waals surface area contributed by atoms with Crippen molar-refractivity contribution in [1.29, 1.82) is 0 Å². The fraction of sp³-hybridized carbons (Fsp3) is 0.300. The molecule has 0 radical (unpaired) electrons. The van der Waals surface area contributed by atoms with E-state index in [0.29, 0.717) is 0 Å². The first-order valence-electron chi connectivity index (χ1n) is 4.49. The number of halogens is 1. The number of nitrogens with one attached hydrogen (secondary N) is 2. The second-order valence-electron chi connectivity index (χ2n) is 3.38. The quantitative estimate of drug-likeness (QED) is 0.799. The van der Waals surface area contributed by atoms with Crippen molar-refractivity contribution in [3.63, 3.8) is 0 Å². The van der Waals surface area contributed by atoms with Gasteiger partial charge in [0.2, 0.25) is 5.91 Å². The maximum Gasteiger partial charge on any atom is 0.238 e. The average molecular weight is 255 g/mol. The first-order chi connectivity index (χ1) is 6.66. The number of rotatable bonds is 1. The van der Waals surface area contributed by atoms with Crippen LogP contribution in [0.4, 0.5) is 0 Å². The van der Waals surface area contributed by atoms with Crippen LogP contribution < -0.4 is 10.6 Å². The molecule has 2 rings (SSSR count). The zero-order valence-electron chi connectivity index (χ0n) is 7.75. The molecule has 1 fully saturated rings. The molecule has 1 aliphatic rings. The first kappa shape index (κ1) is 9.68. The summed E-state index contributed by atoms with van der Waals surface area (Å²) in [5.41, 5.74) is 1.07. The van der Waals surface area contributed by atoms with Gasteiger partial charge in [-0.25, -0.2) is 0 Å². The molecule has 2 N–H and O–H groups in total. The largest absolute Gasteiger partial charge is 0.335 e. The normalized spacial score (nSPS) is 26.3. The van der Waals surface area contributed by atoms with Crippen LogP contribution in [-0.4, -0.2) is 11.9 Å². The minimum absolute atomic E-state index is 0.0504. The molecule has 1 aliphatic heterocycles. The maximum atomic E-state index is 11.2. The molecule has 0 saturated carbocycles. The molecule has 0 bridgehead atoms. The van der Waals surface area contributed by atoms with Crippen LogP contribution >= 0.6 is 15.9 Å². The molecule has 1 aromatic carbocycles. The zero-order valence-corrected chi connectivity index (χ0v) is 9.34. The Morgan fingerprint density at radius 3 is 2.43 bits per heavy atom. The van der Waals surface area contributed by atoms with Crippen LogP contribution in [0.5, 0.6) is 0 Å². The summed E-state index contributed by atoms with van der Waals surface area (Å²) in [6.45, 7) is 1.86. The molecule has 14 heavy (non-hydrogen) atoms. The second-order valence-corrected chi connectivity index (χ2v) is 4.30. The third-order valence-corrected chi connectivity index (χ3v) is 2.83. The highest BCUT2D eigenvalue weighted by molar-refractivity contribution is 9.10. The lowest BCUT2D eigenvalue weighted by atomic mass is 10.2. The van der Waals surface area contributed by atoms with Crippen molar-refractivity contribution >= 4 is 21.8 Å². The summed E-state index contributed by atoms with van der Waals surface area (Å²) in [5.74, 6) is 0.0536. The molecule has 0 aliphatic carbocycles. The lowest BCUT2D eigenvalue weighted by molar-refractivity contribution is -0.120. The van der Waals surface area contributed by atoms with Gasteiger partial charge >= 0.3 is 0 Å². The van der Waals surface area contributed by atoms with Crippen molar-refractivity contribution in [2.75, 3.05) is 0 Å². The van der Waals surface area contributed by atoms with Gasteiger partial charge in [-0.1, -0.05) is 28.1 Å². The maximum absolute atomic E-state index is 11.2. The number of carbonyl (C=O) groups is 1. The van der Waals surface area contributed by atoms with Crippen LogP contribution in [0.2, 0.25) is 0 Å². The highest BCUT2D eigenvalue weighted by Crippen LogP contribution is 2.18.